The summed E-state index contributed by atoms with van der Waals surface area (Å²) >= 11 is 5.88. The van der Waals surface area contributed by atoms with Crippen molar-refractivity contribution in [2.75, 3.05) is 7.11 Å². The van der Waals surface area contributed by atoms with Crippen molar-refractivity contribution in [2.45, 2.75) is 32.7 Å². The van der Waals surface area contributed by atoms with Crippen molar-refractivity contribution in [3.05, 3.63) is 28.5 Å². The van der Waals surface area contributed by atoms with Crippen LogP contribution in [0.3, 0.4) is 0 Å². The number of pyridine rings is 1. The standard InChI is InChI=1S/C13H17ClN2O3/c1-7(2)10-5-9(6-11(14)16-10)12(17)15-8(3)13(18)19-4/h5-8H,1-4H3,(H,15,17). The average Bonchev–Trinajstić information content (AvgIpc) is 2.36. The predicted molar refractivity (Wildman–Crippen MR) is 72.3 cm³/mol. The molecule has 1 unspecified atom stereocenters. The van der Waals surface area contributed by atoms with Crippen LogP contribution < -0.4 is 5.32 Å². The highest BCUT2D eigenvalue weighted by Crippen LogP contribution is 2.17. The van der Waals surface area contributed by atoms with Gasteiger partial charge in [0.1, 0.15) is 11.2 Å². The van der Waals surface area contributed by atoms with Gasteiger partial charge in [0, 0.05) is 11.3 Å². The van der Waals surface area contributed by atoms with Crippen LogP contribution in [0.25, 0.3) is 0 Å². The molecule has 0 saturated heterocycles. The van der Waals surface area contributed by atoms with E-state index in [2.05, 4.69) is 15.0 Å². The first-order chi connectivity index (χ1) is 8.85. The fourth-order valence-electron chi connectivity index (χ4n) is 1.46. The molecule has 1 aromatic rings. The topological polar surface area (TPSA) is 68.3 Å². The largest absolute Gasteiger partial charge is 0.467 e. The number of nitrogens with one attached hydrogen (secondary N) is 1. The minimum absolute atomic E-state index is 0.156. The van der Waals surface area contributed by atoms with Gasteiger partial charge in [-0.2, -0.15) is 0 Å². The third-order valence-electron chi connectivity index (χ3n) is 2.57. The third kappa shape index (κ3) is 4.21. The summed E-state index contributed by atoms with van der Waals surface area (Å²) in [5.41, 5.74) is 1.10. The van der Waals surface area contributed by atoms with Gasteiger partial charge in [-0.3, -0.25) is 4.79 Å². The van der Waals surface area contributed by atoms with Crippen molar-refractivity contribution < 1.29 is 14.3 Å². The highest BCUT2D eigenvalue weighted by molar-refractivity contribution is 6.29. The van der Waals surface area contributed by atoms with Crippen LogP contribution in [0.1, 0.15) is 42.7 Å². The lowest BCUT2D eigenvalue weighted by atomic mass is 10.1. The van der Waals surface area contributed by atoms with Gasteiger partial charge in [-0.05, 0) is 25.0 Å². The molecule has 1 aromatic heterocycles. The van der Waals surface area contributed by atoms with Crippen LogP contribution in [-0.2, 0) is 9.53 Å². The molecule has 104 valence electrons. The number of halogens is 1. The molecule has 1 rings (SSSR count). The molecule has 0 aliphatic carbocycles. The Hall–Kier alpha value is -1.62. The Morgan fingerprint density at radius 1 is 1.32 bits per heavy atom. The molecule has 0 aliphatic heterocycles. The second-order valence-electron chi connectivity index (χ2n) is 4.48. The fourth-order valence-corrected chi connectivity index (χ4v) is 1.67. The van der Waals surface area contributed by atoms with Crippen molar-refractivity contribution in [3.63, 3.8) is 0 Å². The number of aromatic nitrogens is 1. The van der Waals surface area contributed by atoms with Gasteiger partial charge in [-0.1, -0.05) is 25.4 Å². The van der Waals surface area contributed by atoms with Crippen LogP contribution in [0, 0.1) is 0 Å². The lowest BCUT2D eigenvalue weighted by Gasteiger charge is -2.13. The zero-order valence-corrected chi connectivity index (χ0v) is 12.1. The van der Waals surface area contributed by atoms with Crippen LogP contribution >= 0.6 is 11.6 Å². The molecule has 0 fully saturated rings. The first kappa shape index (κ1) is 15.4. The molecule has 19 heavy (non-hydrogen) atoms. The summed E-state index contributed by atoms with van der Waals surface area (Å²) in [6.07, 6.45) is 0. The third-order valence-corrected chi connectivity index (χ3v) is 2.76. The summed E-state index contributed by atoms with van der Waals surface area (Å²) in [6, 6.07) is 2.41. The van der Waals surface area contributed by atoms with E-state index in [-0.39, 0.29) is 17.0 Å². The number of amides is 1. The molecule has 6 heteroatoms. The molecule has 1 N–H and O–H groups in total. The van der Waals surface area contributed by atoms with Crippen molar-refractivity contribution in [1.82, 2.24) is 10.3 Å². The van der Waals surface area contributed by atoms with Crippen molar-refractivity contribution >= 4 is 23.5 Å². The summed E-state index contributed by atoms with van der Waals surface area (Å²) in [5.74, 6) is -0.732. The summed E-state index contributed by atoms with van der Waals surface area (Å²) in [4.78, 5) is 27.4. The maximum Gasteiger partial charge on any atom is 0.328 e. The Morgan fingerprint density at radius 2 is 1.95 bits per heavy atom. The van der Waals surface area contributed by atoms with Gasteiger partial charge in [-0.15, -0.1) is 0 Å². The predicted octanol–water partition coefficient (Wildman–Crippen LogP) is 2.15. The van der Waals surface area contributed by atoms with Crippen LogP contribution in [0.4, 0.5) is 0 Å². The van der Waals surface area contributed by atoms with Crippen LogP contribution in [0.5, 0.6) is 0 Å². The molecule has 1 amide bonds. The van der Waals surface area contributed by atoms with Crippen molar-refractivity contribution in [3.8, 4) is 0 Å². The monoisotopic (exact) mass is 284 g/mol. The number of nitrogens with zero attached hydrogens (tertiary/aromatic N) is 1. The minimum Gasteiger partial charge on any atom is -0.467 e. The highest BCUT2D eigenvalue weighted by atomic mass is 35.5. The molecule has 0 aliphatic rings. The molecule has 1 heterocycles. The maximum absolute atomic E-state index is 12.0. The van der Waals surface area contributed by atoms with Gasteiger partial charge in [0.25, 0.3) is 5.91 Å². The number of methoxy groups -OCH3 is 1. The quantitative estimate of drug-likeness (QED) is 0.679. The Kier molecular flexibility index (Phi) is 5.30. The van der Waals surface area contributed by atoms with E-state index in [1.54, 1.807) is 13.0 Å². The van der Waals surface area contributed by atoms with E-state index in [1.807, 2.05) is 13.8 Å². The lowest BCUT2D eigenvalue weighted by molar-refractivity contribution is -0.142. The SMILES string of the molecule is COC(=O)C(C)NC(=O)c1cc(Cl)nc(C(C)C)c1. The smallest absolute Gasteiger partial charge is 0.328 e. The van der Waals surface area contributed by atoms with Gasteiger partial charge in [0.15, 0.2) is 0 Å². The van der Waals surface area contributed by atoms with Crippen molar-refractivity contribution in [2.24, 2.45) is 0 Å². The summed E-state index contributed by atoms with van der Waals surface area (Å²) in [6.45, 7) is 5.46. The first-order valence-corrected chi connectivity index (χ1v) is 6.29. The first-order valence-electron chi connectivity index (χ1n) is 5.91. The molecular weight excluding hydrogens is 268 g/mol. The molecule has 5 nitrogen and oxygen atoms in total. The molecule has 1 atom stereocenters. The van der Waals surface area contributed by atoms with Gasteiger partial charge in [-0.25, -0.2) is 9.78 Å². The molecule has 0 spiro atoms. The van der Waals surface area contributed by atoms with E-state index in [0.29, 0.717) is 5.56 Å². The summed E-state index contributed by atoms with van der Waals surface area (Å²) in [7, 11) is 1.27. The van der Waals surface area contributed by atoms with E-state index in [9.17, 15) is 9.59 Å². The van der Waals surface area contributed by atoms with E-state index >= 15 is 0 Å². The number of hydrogen-bond acceptors (Lipinski definition) is 4. The summed E-state index contributed by atoms with van der Waals surface area (Å²) in [5, 5.41) is 2.79. The van der Waals surface area contributed by atoms with Crippen LogP contribution in [0.15, 0.2) is 12.1 Å². The van der Waals surface area contributed by atoms with Gasteiger partial charge in [0.2, 0.25) is 0 Å². The van der Waals surface area contributed by atoms with E-state index in [1.165, 1.54) is 13.2 Å². The Labute approximate surface area is 117 Å². The average molecular weight is 285 g/mol. The van der Waals surface area contributed by atoms with Crippen LogP contribution in [0.2, 0.25) is 5.15 Å². The number of rotatable bonds is 4. The minimum atomic E-state index is -0.716. The molecular formula is C13H17ClN2O3. The highest BCUT2D eigenvalue weighted by Gasteiger charge is 2.18. The number of esters is 1. The number of carbonyl (C=O) groups excluding carboxylic acids is 2. The zero-order chi connectivity index (χ0) is 14.6. The lowest BCUT2D eigenvalue weighted by Crippen LogP contribution is -2.39. The number of ether oxygens (including phenoxy) is 1. The van der Waals surface area contributed by atoms with Gasteiger partial charge in [0.05, 0.1) is 7.11 Å². The number of carbonyl (C=O) groups is 2. The number of hydrogen-bond donors (Lipinski definition) is 1. The Balaban J connectivity index is 2.91. The maximum atomic E-state index is 12.0. The summed E-state index contributed by atoms with van der Waals surface area (Å²) < 4.78 is 4.54. The van der Waals surface area contributed by atoms with Gasteiger partial charge >= 0.3 is 5.97 Å². The Bertz CT molecular complexity index is 489. The van der Waals surface area contributed by atoms with Crippen LogP contribution in [-0.4, -0.2) is 30.0 Å². The molecule has 0 saturated carbocycles. The van der Waals surface area contributed by atoms with Crippen molar-refractivity contribution in [1.29, 1.82) is 0 Å². The molecule has 0 bridgehead atoms. The second kappa shape index (κ2) is 6.52. The fraction of sp³-hybridized carbons (Fsp3) is 0.462. The zero-order valence-electron chi connectivity index (χ0n) is 11.4. The Morgan fingerprint density at radius 3 is 2.47 bits per heavy atom. The van der Waals surface area contributed by atoms with E-state index in [4.69, 9.17) is 11.6 Å². The van der Waals surface area contributed by atoms with Gasteiger partial charge < -0.3 is 10.1 Å². The van der Waals surface area contributed by atoms with E-state index in [0.717, 1.165) is 5.69 Å². The second-order valence-corrected chi connectivity index (χ2v) is 4.86. The normalized spacial score (nSPS) is 12.1. The molecule has 0 aromatic carbocycles. The van der Waals surface area contributed by atoms with E-state index < -0.39 is 12.0 Å². The molecule has 0 radical (unpaired) electrons.